The molecule has 7 nitrogen and oxygen atoms in total. The van der Waals surface area contributed by atoms with E-state index in [1.54, 1.807) is 11.8 Å². The van der Waals surface area contributed by atoms with Gasteiger partial charge < -0.3 is 21.3 Å². The van der Waals surface area contributed by atoms with E-state index in [9.17, 15) is 21.6 Å². The van der Waals surface area contributed by atoms with Crippen molar-refractivity contribution >= 4 is 38.8 Å². The second-order valence-corrected chi connectivity index (χ2v) is 10.8. The average Bonchev–Trinajstić information content (AvgIpc) is 3.03. The van der Waals surface area contributed by atoms with Gasteiger partial charge in [-0.15, -0.1) is 0 Å². The van der Waals surface area contributed by atoms with Crippen molar-refractivity contribution in [1.82, 2.24) is 0 Å². The van der Waals surface area contributed by atoms with Crippen LogP contribution in [0.5, 0.6) is 0 Å². The standard InChI is InChI=1S/C21H22F3N5O2S2/c1-11-5-4-6-12(2)16(11)29-17-18(25)28(13(3)27-19(17)32-20(29)26)14-7-9-15(10-8-14)33(30,31)21(22,23)24/h4-10,18,20H,25-26H2,1-3H3. The largest absolute Gasteiger partial charge is 0.501 e. The Labute approximate surface area is 193 Å². The van der Waals surface area contributed by atoms with Crippen LogP contribution in [0.4, 0.5) is 24.5 Å². The van der Waals surface area contributed by atoms with Crippen LogP contribution in [0.15, 0.2) is 63.1 Å². The predicted molar refractivity (Wildman–Crippen MR) is 124 cm³/mol. The predicted octanol–water partition coefficient (Wildman–Crippen LogP) is 3.78. The zero-order valence-electron chi connectivity index (χ0n) is 18.0. The molecule has 0 saturated heterocycles. The summed E-state index contributed by atoms with van der Waals surface area (Å²) < 4.78 is 62.1. The first-order chi connectivity index (χ1) is 15.3. The van der Waals surface area contributed by atoms with E-state index in [0.29, 0.717) is 22.2 Å². The number of halogens is 3. The summed E-state index contributed by atoms with van der Waals surface area (Å²) >= 11 is 1.37. The molecule has 2 unspecified atom stereocenters. The molecule has 12 heteroatoms. The molecule has 0 bridgehead atoms. The summed E-state index contributed by atoms with van der Waals surface area (Å²) in [6, 6.07) is 10.3. The molecule has 33 heavy (non-hydrogen) atoms. The molecule has 4 N–H and O–H groups in total. The number of benzene rings is 2. The number of thioether (sulfide) groups is 1. The van der Waals surface area contributed by atoms with E-state index >= 15 is 0 Å². The van der Waals surface area contributed by atoms with Crippen molar-refractivity contribution in [2.24, 2.45) is 16.5 Å². The van der Waals surface area contributed by atoms with Gasteiger partial charge in [0.05, 0.1) is 10.6 Å². The Morgan fingerprint density at radius 2 is 1.55 bits per heavy atom. The number of alkyl halides is 3. The molecule has 0 aromatic heterocycles. The van der Waals surface area contributed by atoms with Gasteiger partial charge in [-0.25, -0.2) is 13.4 Å². The highest BCUT2D eigenvalue weighted by Crippen LogP contribution is 2.46. The zero-order valence-corrected chi connectivity index (χ0v) is 19.6. The maximum atomic E-state index is 12.9. The Kier molecular flexibility index (Phi) is 5.76. The van der Waals surface area contributed by atoms with Crippen molar-refractivity contribution in [3.63, 3.8) is 0 Å². The van der Waals surface area contributed by atoms with Crippen LogP contribution in [0.1, 0.15) is 18.1 Å². The molecule has 0 amide bonds. The average molecular weight is 498 g/mol. The molecule has 0 saturated carbocycles. The van der Waals surface area contributed by atoms with E-state index in [-0.39, 0.29) is 0 Å². The molecule has 2 atom stereocenters. The maximum absolute atomic E-state index is 12.9. The lowest BCUT2D eigenvalue weighted by Gasteiger charge is -2.39. The summed E-state index contributed by atoms with van der Waals surface area (Å²) in [5.41, 5.74) is 11.3. The van der Waals surface area contributed by atoms with Crippen molar-refractivity contribution < 1.29 is 21.6 Å². The minimum Gasteiger partial charge on any atom is -0.314 e. The molecule has 0 aliphatic carbocycles. The fraction of sp³-hybridized carbons (Fsp3) is 0.286. The number of hydrogen-bond donors (Lipinski definition) is 2. The molecular formula is C21H22F3N5O2S2. The molecule has 0 radical (unpaired) electrons. The number of para-hydroxylation sites is 1. The van der Waals surface area contributed by atoms with Crippen molar-refractivity contribution in [3.05, 3.63) is 64.3 Å². The number of nitrogens with zero attached hydrogens (tertiary/aromatic N) is 3. The highest BCUT2D eigenvalue weighted by atomic mass is 32.2. The number of anilines is 2. The molecular weight excluding hydrogens is 475 g/mol. The van der Waals surface area contributed by atoms with E-state index < -0.39 is 31.9 Å². The Balaban J connectivity index is 1.74. The summed E-state index contributed by atoms with van der Waals surface area (Å²) in [7, 11) is -5.44. The van der Waals surface area contributed by atoms with Gasteiger partial charge in [0.25, 0.3) is 9.84 Å². The number of aliphatic imine (C=N–C) groups is 1. The molecule has 2 aromatic rings. The Bertz CT molecular complexity index is 1250. The first kappa shape index (κ1) is 23.6. The minimum absolute atomic E-state index is 0.406. The van der Waals surface area contributed by atoms with Gasteiger partial charge in [-0.3, -0.25) is 0 Å². The van der Waals surface area contributed by atoms with Crippen LogP contribution >= 0.6 is 11.8 Å². The maximum Gasteiger partial charge on any atom is 0.501 e. The Hall–Kier alpha value is -2.54. The summed E-state index contributed by atoms with van der Waals surface area (Å²) in [4.78, 5) is 7.37. The van der Waals surface area contributed by atoms with Gasteiger partial charge in [0.1, 0.15) is 22.5 Å². The SMILES string of the molecule is CC1=NC2=C(C(N)N1c1ccc(S(=O)(=O)C(F)(F)F)cc1)N(c1c(C)cccc1C)C(N)S2. The van der Waals surface area contributed by atoms with Crippen LogP contribution in [0.25, 0.3) is 0 Å². The van der Waals surface area contributed by atoms with Gasteiger partial charge in [-0.1, -0.05) is 30.0 Å². The molecule has 2 aromatic carbocycles. The van der Waals surface area contributed by atoms with Crippen molar-refractivity contribution in [2.45, 2.75) is 42.8 Å². The second kappa shape index (κ2) is 8.05. The first-order valence-corrected chi connectivity index (χ1v) is 12.2. The normalized spacial score (nSPS) is 21.4. The topological polar surface area (TPSA) is 105 Å². The number of aryl methyl sites for hydroxylation is 2. The van der Waals surface area contributed by atoms with Gasteiger partial charge in [0, 0.05) is 11.4 Å². The summed E-state index contributed by atoms with van der Waals surface area (Å²) in [5.74, 6) is 0.510. The van der Waals surface area contributed by atoms with Crippen LogP contribution in [-0.4, -0.2) is 31.4 Å². The van der Waals surface area contributed by atoms with Crippen molar-refractivity contribution in [1.29, 1.82) is 0 Å². The minimum atomic E-state index is -5.44. The lowest BCUT2D eigenvalue weighted by Crippen LogP contribution is -2.53. The number of amidine groups is 1. The summed E-state index contributed by atoms with van der Waals surface area (Å²) in [5, 5.41) is 0.669. The first-order valence-electron chi connectivity index (χ1n) is 9.88. The Morgan fingerprint density at radius 3 is 2.09 bits per heavy atom. The van der Waals surface area contributed by atoms with Gasteiger partial charge in [-0.05, 0) is 56.2 Å². The highest BCUT2D eigenvalue weighted by Gasteiger charge is 2.47. The van der Waals surface area contributed by atoms with Crippen LogP contribution in [0.2, 0.25) is 0 Å². The van der Waals surface area contributed by atoms with E-state index in [2.05, 4.69) is 4.99 Å². The third-order valence-corrected chi connectivity index (χ3v) is 8.02. The molecule has 0 fully saturated rings. The van der Waals surface area contributed by atoms with Crippen molar-refractivity contribution in [3.8, 4) is 0 Å². The number of sulfone groups is 1. The van der Waals surface area contributed by atoms with E-state index in [1.807, 2.05) is 36.9 Å². The van der Waals surface area contributed by atoms with Gasteiger partial charge >= 0.3 is 5.51 Å². The van der Waals surface area contributed by atoms with Gasteiger partial charge in [-0.2, -0.15) is 13.2 Å². The Morgan fingerprint density at radius 1 is 0.970 bits per heavy atom. The molecule has 2 aliphatic heterocycles. The zero-order chi connectivity index (χ0) is 24.3. The fourth-order valence-corrected chi connectivity index (χ4v) is 5.88. The van der Waals surface area contributed by atoms with E-state index in [0.717, 1.165) is 28.9 Å². The van der Waals surface area contributed by atoms with Crippen molar-refractivity contribution in [2.75, 3.05) is 9.80 Å². The third-order valence-electron chi connectivity index (χ3n) is 5.55. The van der Waals surface area contributed by atoms with Crippen LogP contribution in [-0.2, 0) is 9.84 Å². The van der Waals surface area contributed by atoms with E-state index in [4.69, 9.17) is 11.5 Å². The summed E-state index contributed by atoms with van der Waals surface area (Å²) in [6.45, 7) is 5.66. The molecule has 2 heterocycles. The van der Waals surface area contributed by atoms with Gasteiger partial charge in [0.15, 0.2) is 0 Å². The fourth-order valence-electron chi connectivity index (χ4n) is 4.04. The summed E-state index contributed by atoms with van der Waals surface area (Å²) in [6.07, 6.45) is -0.748. The monoisotopic (exact) mass is 497 g/mol. The van der Waals surface area contributed by atoms with Crippen LogP contribution < -0.4 is 21.3 Å². The van der Waals surface area contributed by atoms with Crippen LogP contribution in [0, 0.1) is 13.8 Å². The lowest BCUT2D eigenvalue weighted by molar-refractivity contribution is -0.0436. The lowest BCUT2D eigenvalue weighted by atomic mass is 10.1. The quantitative estimate of drug-likeness (QED) is 0.665. The van der Waals surface area contributed by atoms with Gasteiger partial charge in [0.2, 0.25) is 0 Å². The second-order valence-electron chi connectivity index (χ2n) is 7.73. The molecule has 4 rings (SSSR count). The number of nitrogens with two attached hydrogens (primary N) is 2. The number of hydrogen-bond acceptors (Lipinski definition) is 8. The number of rotatable bonds is 3. The highest BCUT2D eigenvalue weighted by molar-refractivity contribution is 8.04. The van der Waals surface area contributed by atoms with Crippen LogP contribution in [0.3, 0.4) is 0 Å². The third kappa shape index (κ3) is 3.80. The molecule has 176 valence electrons. The smallest absolute Gasteiger partial charge is 0.314 e. The van der Waals surface area contributed by atoms with E-state index in [1.165, 1.54) is 23.9 Å². The molecule has 0 spiro atoms. The molecule has 2 aliphatic rings.